The highest BCUT2D eigenvalue weighted by atomic mass is 14.8. The first-order valence-corrected chi connectivity index (χ1v) is 5.76. The van der Waals surface area contributed by atoms with E-state index in [9.17, 15) is 0 Å². The summed E-state index contributed by atoms with van der Waals surface area (Å²) in [6, 6.07) is 6.67. The van der Waals surface area contributed by atoms with Crippen molar-refractivity contribution in [3.05, 3.63) is 34.9 Å². The maximum atomic E-state index is 3.27. The van der Waals surface area contributed by atoms with Crippen LogP contribution in [0.3, 0.4) is 0 Å². The zero-order chi connectivity index (χ0) is 11.5. The summed E-state index contributed by atoms with van der Waals surface area (Å²) < 4.78 is 0. The molecule has 1 heteroatoms. The normalized spacial score (nSPS) is 11.8. The fourth-order valence-corrected chi connectivity index (χ4v) is 2.05. The predicted molar refractivity (Wildman–Crippen MR) is 67.3 cm³/mol. The van der Waals surface area contributed by atoms with Crippen molar-refractivity contribution in [2.24, 2.45) is 0 Å². The highest BCUT2D eigenvalue weighted by Crippen LogP contribution is 2.28. The summed E-state index contributed by atoms with van der Waals surface area (Å²) in [5, 5.41) is 3.27. The molecule has 0 fully saturated rings. The Labute approximate surface area is 93.9 Å². The van der Waals surface area contributed by atoms with Gasteiger partial charge in [0.2, 0.25) is 0 Å². The van der Waals surface area contributed by atoms with Crippen LogP contribution in [0.25, 0.3) is 0 Å². The third-order valence-corrected chi connectivity index (χ3v) is 2.82. The molecule has 0 saturated heterocycles. The Balaban J connectivity index is 3.25. The molecule has 1 aromatic rings. The molecular formula is C14H23N. The second-order valence-electron chi connectivity index (χ2n) is 5.08. The number of rotatable bonds is 3. The van der Waals surface area contributed by atoms with E-state index in [0.29, 0.717) is 0 Å². The molecule has 0 aliphatic rings. The van der Waals surface area contributed by atoms with E-state index < -0.39 is 0 Å². The van der Waals surface area contributed by atoms with Crippen LogP contribution in [-0.2, 0) is 18.4 Å². The zero-order valence-corrected chi connectivity index (χ0v) is 10.6. The van der Waals surface area contributed by atoms with Gasteiger partial charge in [0.15, 0.2) is 0 Å². The first kappa shape index (κ1) is 12.3. The lowest BCUT2D eigenvalue weighted by Gasteiger charge is -2.24. The van der Waals surface area contributed by atoms with Gasteiger partial charge in [-0.05, 0) is 35.6 Å². The molecule has 0 aromatic heterocycles. The molecule has 0 aliphatic heterocycles. The van der Waals surface area contributed by atoms with Crippen LogP contribution in [0.2, 0.25) is 0 Å². The number of benzene rings is 1. The van der Waals surface area contributed by atoms with Gasteiger partial charge in [0, 0.05) is 6.54 Å². The average molecular weight is 205 g/mol. The second-order valence-corrected chi connectivity index (χ2v) is 5.08. The molecule has 0 radical (unpaired) electrons. The second kappa shape index (κ2) is 4.80. The van der Waals surface area contributed by atoms with Crippen molar-refractivity contribution in [3.63, 3.8) is 0 Å². The summed E-state index contributed by atoms with van der Waals surface area (Å²) in [4.78, 5) is 0. The van der Waals surface area contributed by atoms with Crippen LogP contribution in [0.4, 0.5) is 0 Å². The van der Waals surface area contributed by atoms with Crippen molar-refractivity contribution < 1.29 is 0 Å². The summed E-state index contributed by atoms with van der Waals surface area (Å²) in [6.07, 6.45) is 1.11. The SMILES string of the molecule is CCc1cccc(C(C)(C)C)c1CNC. The van der Waals surface area contributed by atoms with Gasteiger partial charge in [-0.2, -0.15) is 0 Å². The molecular weight excluding hydrogens is 182 g/mol. The Morgan fingerprint density at radius 2 is 1.87 bits per heavy atom. The third-order valence-electron chi connectivity index (χ3n) is 2.82. The zero-order valence-electron chi connectivity index (χ0n) is 10.6. The van der Waals surface area contributed by atoms with E-state index in [1.807, 2.05) is 7.05 Å². The first-order valence-electron chi connectivity index (χ1n) is 5.76. The molecule has 0 aliphatic carbocycles. The third kappa shape index (κ3) is 2.82. The van der Waals surface area contributed by atoms with Gasteiger partial charge in [-0.25, -0.2) is 0 Å². The first-order chi connectivity index (χ1) is 7.00. The number of hydrogen-bond donors (Lipinski definition) is 1. The Hall–Kier alpha value is -0.820. The van der Waals surface area contributed by atoms with Gasteiger partial charge in [-0.15, -0.1) is 0 Å². The molecule has 0 bridgehead atoms. The molecule has 15 heavy (non-hydrogen) atoms. The van der Waals surface area contributed by atoms with E-state index in [2.05, 4.69) is 51.2 Å². The number of hydrogen-bond acceptors (Lipinski definition) is 1. The highest BCUT2D eigenvalue weighted by Gasteiger charge is 2.18. The summed E-state index contributed by atoms with van der Waals surface area (Å²) in [5.41, 5.74) is 4.65. The van der Waals surface area contributed by atoms with Crippen molar-refractivity contribution in [2.45, 2.75) is 46.1 Å². The van der Waals surface area contributed by atoms with Gasteiger partial charge in [0.1, 0.15) is 0 Å². The molecule has 0 unspecified atom stereocenters. The minimum Gasteiger partial charge on any atom is -0.316 e. The molecule has 84 valence electrons. The molecule has 1 N–H and O–H groups in total. The molecule has 1 nitrogen and oxygen atoms in total. The maximum absolute atomic E-state index is 3.27. The molecule has 0 amide bonds. The summed E-state index contributed by atoms with van der Waals surface area (Å²) >= 11 is 0. The number of nitrogens with one attached hydrogen (secondary N) is 1. The minimum atomic E-state index is 0.233. The fourth-order valence-electron chi connectivity index (χ4n) is 2.05. The molecule has 0 saturated carbocycles. The molecule has 1 aromatic carbocycles. The van der Waals surface area contributed by atoms with Crippen LogP contribution >= 0.6 is 0 Å². The van der Waals surface area contributed by atoms with E-state index >= 15 is 0 Å². The van der Waals surface area contributed by atoms with Gasteiger partial charge in [0.25, 0.3) is 0 Å². The van der Waals surface area contributed by atoms with Gasteiger partial charge < -0.3 is 5.32 Å². The van der Waals surface area contributed by atoms with E-state index in [4.69, 9.17) is 0 Å². The topological polar surface area (TPSA) is 12.0 Å². The van der Waals surface area contributed by atoms with Crippen LogP contribution in [0.5, 0.6) is 0 Å². The average Bonchev–Trinajstić information content (AvgIpc) is 2.17. The standard InChI is InChI=1S/C14H23N/c1-6-11-8-7-9-13(14(2,3)4)12(11)10-15-5/h7-9,15H,6,10H2,1-5H3. The van der Waals surface area contributed by atoms with Gasteiger partial charge in [-0.1, -0.05) is 45.9 Å². The van der Waals surface area contributed by atoms with E-state index in [1.165, 1.54) is 16.7 Å². The van der Waals surface area contributed by atoms with E-state index in [-0.39, 0.29) is 5.41 Å². The summed E-state index contributed by atoms with van der Waals surface area (Å²) in [6.45, 7) is 10.0. The van der Waals surface area contributed by atoms with Crippen LogP contribution in [0, 0.1) is 0 Å². The van der Waals surface area contributed by atoms with Crippen molar-refractivity contribution in [1.82, 2.24) is 5.32 Å². The lowest BCUT2D eigenvalue weighted by molar-refractivity contribution is 0.576. The molecule has 0 heterocycles. The Bertz CT molecular complexity index is 321. The van der Waals surface area contributed by atoms with Crippen molar-refractivity contribution in [2.75, 3.05) is 7.05 Å². The summed E-state index contributed by atoms with van der Waals surface area (Å²) in [7, 11) is 2.01. The van der Waals surface area contributed by atoms with Gasteiger partial charge in [0.05, 0.1) is 0 Å². The smallest absolute Gasteiger partial charge is 0.0208 e. The highest BCUT2D eigenvalue weighted by molar-refractivity contribution is 5.39. The van der Waals surface area contributed by atoms with Crippen LogP contribution < -0.4 is 5.32 Å². The summed E-state index contributed by atoms with van der Waals surface area (Å²) in [5.74, 6) is 0. The quantitative estimate of drug-likeness (QED) is 0.798. The molecule has 0 spiro atoms. The Kier molecular flexibility index (Phi) is 3.92. The van der Waals surface area contributed by atoms with Crippen LogP contribution in [-0.4, -0.2) is 7.05 Å². The van der Waals surface area contributed by atoms with Crippen molar-refractivity contribution >= 4 is 0 Å². The van der Waals surface area contributed by atoms with Gasteiger partial charge >= 0.3 is 0 Å². The number of aryl methyl sites for hydroxylation is 1. The lowest BCUT2D eigenvalue weighted by Crippen LogP contribution is -2.19. The minimum absolute atomic E-state index is 0.233. The Morgan fingerprint density at radius 1 is 1.20 bits per heavy atom. The van der Waals surface area contributed by atoms with Crippen LogP contribution in [0.1, 0.15) is 44.4 Å². The fraction of sp³-hybridized carbons (Fsp3) is 0.571. The van der Waals surface area contributed by atoms with Gasteiger partial charge in [-0.3, -0.25) is 0 Å². The van der Waals surface area contributed by atoms with Crippen molar-refractivity contribution in [3.8, 4) is 0 Å². The monoisotopic (exact) mass is 205 g/mol. The predicted octanol–water partition coefficient (Wildman–Crippen LogP) is 3.27. The van der Waals surface area contributed by atoms with E-state index in [1.54, 1.807) is 0 Å². The molecule has 0 atom stereocenters. The molecule has 1 rings (SSSR count). The lowest BCUT2D eigenvalue weighted by atomic mass is 9.81. The van der Waals surface area contributed by atoms with E-state index in [0.717, 1.165) is 13.0 Å². The Morgan fingerprint density at radius 3 is 2.33 bits per heavy atom. The maximum Gasteiger partial charge on any atom is 0.0208 e. The largest absolute Gasteiger partial charge is 0.316 e. The van der Waals surface area contributed by atoms with Crippen molar-refractivity contribution in [1.29, 1.82) is 0 Å². The van der Waals surface area contributed by atoms with Crippen LogP contribution in [0.15, 0.2) is 18.2 Å².